The van der Waals surface area contributed by atoms with E-state index in [0.29, 0.717) is 32.1 Å². The van der Waals surface area contributed by atoms with Crippen molar-refractivity contribution in [1.29, 1.82) is 0 Å². The second-order valence-electron chi connectivity index (χ2n) is 10.3. The fraction of sp³-hybridized carbons (Fsp3) is 0.731. The molecule has 0 amide bonds. The van der Waals surface area contributed by atoms with E-state index >= 15 is 0 Å². The molecule has 0 aromatic rings. The highest BCUT2D eigenvalue weighted by Crippen LogP contribution is 2.50. The molecule has 3 aliphatic carbocycles. The van der Waals surface area contributed by atoms with Crippen LogP contribution in [-0.2, 0) is 28.6 Å². The molecule has 0 spiro atoms. The Morgan fingerprint density at radius 2 is 1.94 bits per heavy atom. The Hall–Kier alpha value is -2.15. The third-order valence-electron chi connectivity index (χ3n) is 7.72. The Balaban J connectivity index is 1.49. The highest BCUT2D eigenvalue weighted by molar-refractivity contribution is 6.03. The molecule has 7 heteroatoms. The maximum Gasteiger partial charge on any atom is 0.323 e. The maximum atomic E-state index is 13.1. The first kappa shape index (κ1) is 24.0. The molecule has 0 unspecified atom stereocenters. The van der Waals surface area contributed by atoms with E-state index in [1.807, 2.05) is 0 Å². The second kappa shape index (κ2) is 9.61. The predicted molar refractivity (Wildman–Crippen MR) is 120 cm³/mol. The normalized spacial score (nSPS) is 36.8. The van der Waals surface area contributed by atoms with Crippen LogP contribution in [0.2, 0.25) is 0 Å². The van der Waals surface area contributed by atoms with E-state index in [1.54, 1.807) is 6.92 Å². The van der Waals surface area contributed by atoms with Gasteiger partial charge in [0.2, 0.25) is 0 Å². The van der Waals surface area contributed by atoms with E-state index < -0.39 is 23.5 Å². The number of rotatable bonds is 7. The Labute approximate surface area is 195 Å². The van der Waals surface area contributed by atoms with Gasteiger partial charge in [0.25, 0.3) is 0 Å². The van der Waals surface area contributed by atoms with Gasteiger partial charge in [-0.15, -0.1) is 0 Å². The zero-order valence-electron chi connectivity index (χ0n) is 19.8. The van der Waals surface area contributed by atoms with Crippen molar-refractivity contribution in [2.24, 2.45) is 29.1 Å². The van der Waals surface area contributed by atoms with Crippen LogP contribution in [0.3, 0.4) is 0 Å². The highest BCUT2D eigenvalue weighted by atomic mass is 16.6. The molecule has 7 atom stereocenters. The third kappa shape index (κ3) is 5.03. The van der Waals surface area contributed by atoms with Crippen LogP contribution in [0.1, 0.15) is 65.7 Å². The van der Waals surface area contributed by atoms with Gasteiger partial charge >= 0.3 is 17.9 Å². The molecule has 4 rings (SSSR count). The quantitative estimate of drug-likeness (QED) is 0.353. The van der Waals surface area contributed by atoms with Gasteiger partial charge in [0.05, 0.1) is 19.1 Å². The van der Waals surface area contributed by atoms with Crippen LogP contribution in [0.4, 0.5) is 0 Å². The monoisotopic (exact) mass is 460 g/mol. The van der Waals surface area contributed by atoms with E-state index in [4.69, 9.17) is 14.2 Å². The molecule has 0 bridgehead atoms. The van der Waals surface area contributed by atoms with Gasteiger partial charge in [-0.1, -0.05) is 32.1 Å². The summed E-state index contributed by atoms with van der Waals surface area (Å²) in [5.74, 6) is -0.492. The minimum atomic E-state index is -1.13. The molecular weight excluding hydrogens is 424 g/mol. The lowest BCUT2D eigenvalue weighted by Gasteiger charge is -2.43. The first-order valence-corrected chi connectivity index (χ1v) is 12.4. The van der Waals surface area contributed by atoms with Crippen molar-refractivity contribution < 1.29 is 33.7 Å². The van der Waals surface area contributed by atoms with Crippen molar-refractivity contribution in [1.82, 2.24) is 0 Å². The van der Waals surface area contributed by atoms with Gasteiger partial charge in [0.15, 0.2) is 5.41 Å². The number of carbonyl (C=O) groups is 3. The molecule has 0 radical (unpaired) electrons. The summed E-state index contributed by atoms with van der Waals surface area (Å²) in [7, 11) is 0. The van der Waals surface area contributed by atoms with Gasteiger partial charge in [0, 0.05) is 12.3 Å². The summed E-state index contributed by atoms with van der Waals surface area (Å²) >= 11 is 0. The number of hydrogen-bond acceptors (Lipinski definition) is 7. The molecule has 2 fully saturated rings. The fourth-order valence-corrected chi connectivity index (χ4v) is 5.77. The van der Waals surface area contributed by atoms with Crippen LogP contribution in [0.25, 0.3) is 0 Å². The standard InChI is InChI=1S/C26H36O7/c1-4-31-24(29)26(9-10-26)25(30)33-21-12-15(2)11-17-6-5-16(3)20(23(17)21)8-7-19-13-18(27)14-22(28)32-19/h5-6,11,15-16,18-21,23,27H,4,7-10,12-14H2,1-3H3/t15-,16-,18+,19+,20-,21-,23-/m0/s1. The van der Waals surface area contributed by atoms with Crippen molar-refractivity contribution in [2.45, 2.75) is 84.0 Å². The number of esters is 3. The minimum absolute atomic E-state index is 0.0346. The number of aliphatic hydroxyl groups is 1. The van der Waals surface area contributed by atoms with Crippen LogP contribution >= 0.6 is 0 Å². The predicted octanol–water partition coefficient (Wildman–Crippen LogP) is 3.49. The van der Waals surface area contributed by atoms with Crippen LogP contribution in [0.15, 0.2) is 23.8 Å². The Bertz CT molecular complexity index is 840. The summed E-state index contributed by atoms with van der Waals surface area (Å²) in [5, 5.41) is 9.95. The summed E-state index contributed by atoms with van der Waals surface area (Å²) < 4.78 is 16.7. The highest BCUT2D eigenvalue weighted by Gasteiger charge is 2.60. The molecular formula is C26H36O7. The Morgan fingerprint density at radius 1 is 1.18 bits per heavy atom. The Kier molecular flexibility index (Phi) is 6.99. The van der Waals surface area contributed by atoms with Crippen molar-refractivity contribution in [3.63, 3.8) is 0 Å². The smallest absolute Gasteiger partial charge is 0.323 e. The number of hydrogen-bond donors (Lipinski definition) is 1. The molecule has 1 saturated heterocycles. The zero-order valence-corrected chi connectivity index (χ0v) is 19.8. The molecule has 4 aliphatic rings. The lowest BCUT2D eigenvalue weighted by molar-refractivity contribution is -0.171. The van der Waals surface area contributed by atoms with Gasteiger partial charge in [-0.2, -0.15) is 0 Å². The summed E-state index contributed by atoms with van der Waals surface area (Å²) in [6, 6.07) is 0. The zero-order chi connectivity index (χ0) is 23.8. The molecule has 182 valence electrons. The number of fused-ring (bicyclic) bond motifs is 1. The number of allylic oxidation sites excluding steroid dienone is 3. The number of cyclic esters (lactones) is 1. The topological polar surface area (TPSA) is 99.1 Å². The molecule has 33 heavy (non-hydrogen) atoms. The van der Waals surface area contributed by atoms with Crippen LogP contribution in [0.5, 0.6) is 0 Å². The molecule has 1 heterocycles. The average molecular weight is 461 g/mol. The van der Waals surface area contributed by atoms with Crippen molar-refractivity contribution in [3.05, 3.63) is 23.8 Å². The first-order valence-electron chi connectivity index (χ1n) is 12.4. The maximum absolute atomic E-state index is 13.1. The summed E-state index contributed by atoms with van der Waals surface area (Å²) in [4.78, 5) is 37.3. The van der Waals surface area contributed by atoms with E-state index in [9.17, 15) is 19.5 Å². The van der Waals surface area contributed by atoms with Gasteiger partial charge in [0.1, 0.15) is 12.2 Å². The average Bonchev–Trinajstić information content (AvgIpc) is 3.55. The van der Waals surface area contributed by atoms with E-state index in [0.717, 1.165) is 6.42 Å². The fourth-order valence-electron chi connectivity index (χ4n) is 5.77. The minimum Gasteiger partial charge on any atom is -0.465 e. The molecule has 1 aliphatic heterocycles. The summed E-state index contributed by atoms with van der Waals surface area (Å²) in [5.41, 5.74) is 0.0508. The van der Waals surface area contributed by atoms with E-state index in [1.165, 1.54) is 5.57 Å². The SMILES string of the molecule is CCOC(=O)C1(C(=O)O[C@H]2C[C@@H](C)C=C3C=C[C@H](C)[C@H](CC[C@@H]4C[C@@H](O)CC(=O)O4)[C@H]32)CC1. The molecule has 0 aromatic carbocycles. The third-order valence-corrected chi connectivity index (χ3v) is 7.72. The molecule has 7 nitrogen and oxygen atoms in total. The van der Waals surface area contributed by atoms with Crippen molar-refractivity contribution in [3.8, 4) is 0 Å². The first-order chi connectivity index (χ1) is 15.7. The molecule has 1 N–H and O–H groups in total. The van der Waals surface area contributed by atoms with E-state index in [-0.39, 0.29) is 54.9 Å². The lowest BCUT2D eigenvalue weighted by atomic mass is 9.65. The van der Waals surface area contributed by atoms with Gasteiger partial charge in [-0.25, -0.2) is 0 Å². The van der Waals surface area contributed by atoms with Gasteiger partial charge in [-0.05, 0) is 62.4 Å². The van der Waals surface area contributed by atoms with E-state index in [2.05, 4.69) is 32.1 Å². The number of carbonyl (C=O) groups excluding carboxylic acids is 3. The van der Waals surface area contributed by atoms with Gasteiger partial charge < -0.3 is 19.3 Å². The van der Waals surface area contributed by atoms with Crippen LogP contribution < -0.4 is 0 Å². The van der Waals surface area contributed by atoms with Crippen molar-refractivity contribution >= 4 is 17.9 Å². The number of aliphatic hydroxyl groups excluding tert-OH is 1. The van der Waals surface area contributed by atoms with Crippen LogP contribution in [-0.4, -0.2) is 47.9 Å². The second-order valence-corrected chi connectivity index (χ2v) is 10.3. The Morgan fingerprint density at radius 3 is 2.61 bits per heavy atom. The van der Waals surface area contributed by atoms with Gasteiger partial charge in [-0.3, -0.25) is 14.4 Å². The lowest BCUT2D eigenvalue weighted by Crippen LogP contribution is -2.43. The molecule has 1 saturated carbocycles. The summed E-state index contributed by atoms with van der Waals surface area (Å²) in [6.07, 6.45) is 9.03. The summed E-state index contributed by atoms with van der Waals surface area (Å²) in [6.45, 7) is 6.26. The van der Waals surface area contributed by atoms with Crippen molar-refractivity contribution in [2.75, 3.05) is 6.61 Å². The number of ether oxygens (including phenoxy) is 3. The molecule has 0 aromatic heterocycles. The largest absolute Gasteiger partial charge is 0.465 e. The van der Waals surface area contributed by atoms with Crippen LogP contribution in [0, 0.1) is 29.1 Å².